The molecule has 1 aromatic carbocycles. The molecule has 3 aliphatic heterocycles. The van der Waals surface area contributed by atoms with E-state index in [1.165, 1.54) is 0 Å². The first-order chi connectivity index (χ1) is 17.6. The minimum absolute atomic E-state index is 0.104. The van der Waals surface area contributed by atoms with Gasteiger partial charge in [-0.15, -0.1) is 0 Å². The van der Waals surface area contributed by atoms with E-state index in [1.807, 2.05) is 30.5 Å². The maximum absolute atomic E-state index is 9.80. The van der Waals surface area contributed by atoms with Crippen molar-refractivity contribution in [3.8, 4) is 17.0 Å². The minimum Gasteiger partial charge on any atom is -0.496 e. The molecule has 0 saturated carbocycles. The standard InChI is InChI=1S/C27H33N5O4/c1-16-15-35-9-8-31(16)27-29-23-11-22(18-4-6-25(34-3)19(10-18)14-33)28-12-21(23)26(30-27)32-13-20-5-7-24(36-20)17(32)2/h4,6,10-12,16-17,20,24,33H,5,7-9,13-15H2,1-3H3/t16-,17-,20?,24?/m0/s1. The van der Waals surface area contributed by atoms with Crippen LogP contribution in [0.25, 0.3) is 22.2 Å². The normalized spacial score (nSPS) is 26.0. The lowest BCUT2D eigenvalue weighted by Crippen LogP contribution is -2.50. The van der Waals surface area contributed by atoms with Gasteiger partial charge in [-0.3, -0.25) is 4.98 Å². The molecular weight excluding hydrogens is 458 g/mol. The Bertz CT molecular complexity index is 1270. The highest BCUT2D eigenvalue weighted by Crippen LogP contribution is 2.37. The first-order valence-electron chi connectivity index (χ1n) is 12.8. The molecule has 1 N–H and O–H groups in total. The van der Waals surface area contributed by atoms with E-state index in [1.54, 1.807) is 7.11 Å². The van der Waals surface area contributed by atoms with Crippen LogP contribution in [-0.4, -0.2) is 77.8 Å². The van der Waals surface area contributed by atoms with Crippen LogP contribution in [0.5, 0.6) is 5.75 Å². The van der Waals surface area contributed by atoms with E-state index < -0.39 is 0 Å². The predicted octanol–water partition coefficient (Wildman–Crippen LogP) is 3.17. The second kappa shape index (κ2) is 9.46. The highest BCUT2D eigenvalue weighted by molar-refractivity contribution is 5.92. The van der Waals surface area contributed by atoms with Crippen LogP contribution in [0.2, 0.25) is 0 Å². The zero-order valence-electron chi connectivity index (χ0n) is 21.1. The van der Waals surface area contributed by atoms with Gasteiger partial charge >= 0.3 is 0 Å². The Hall–Kier alpha value is -3.01. The number of aliphatic hydroxyl groups excluding tert-OH is 1. The summed E-state index contributed by atoms with van der Waals surface area (Å²) in [6.45, 7) is 7.17. The number of pyridine rings is 1. The van der Waals surface area contributed by atoms with Crippen molar-refractivity contribution in [3.05, 3.63) is 36.0 Å². The fourth-order valence-electron chi connectivity index (χ4n) is 5.68. The number of hydrogen-bond donors (Lipinski definition) is 1. The number of methoxy groups -OCH3 is 1. The molecule has 3 saturated heterocycles. The third kappa shape index (κ3) is 4.05. The molecule has 0 amide bonds. The number of anilines is 2. The predicted molar refractivity (Wildman–Crippen MR) is 138 cm³/mol. The van der Waals surface area contributed by atoms with Crippen LogP contribution in [0.15, 0.2) is 30.5 Å². The van der Waals surface area contributed by atoms with Gasteiger partial charge in [-0.25, -0.2) is 4.98 Å². The molecule has 190 valence electrons. The second-order valence-electron chi connectivity index (χ2n) is 10.0. The summed E-state index contributed by atoms with van der Waals surface area (Å²) in [7, 11) is 1.61. The highest BCUT2D eigenvalue weighted by atomic mass is 16.5. The summed E-state index contributed by atoms with van der Waals surface area (Å²) in [6, 6.07) is 8.19. The molecule has 5 heterocycles. The lowest BCUT2D eigenvalue weighted by atomic mass is 10.1. The maximum atomic E-state index is 9.80. The lowest BCUT2D eigenvalue weighted by Gasteiger charge is -2.40. The third-order valence-electron chi connectivity index (χ3n) is 7.76. The quantitative estimate of drug-likeness (QED) is 0.578. The average molecular weight is 492 g/mol. The van der Waals surface area contributed by atoms with Crippen LogP contribution < -0.4 is 14.5 Å². The van der Waals surface area contributed by atoms with Crippen molar-refractivity contribution in [2.24, 2.45) is 0 Å². The summed E-state index contributed by atoms with van der Waals surface area (Å²) in [6.07, 6.45) is 4.54. The van der Waals surface area contributed by atoms with Crippen molar-refractivity contribution in [1.29, 1.82) is 0 Å². The molecule has 2 bridgehead atoms. The molecule has 4 atom stereocenters. The molecule has 3 fully saturated rings. The fourth-order valence-corrected chi connectivity index (χ4v) is 5.68. The first kappa shape index (κ1) is 23.4. The van der Waals surface area contributed by atoms with Gasteiger partial charge in [0, 0.05) is 30.4 Å². The zero-order valence-corrected chi connectivity index (χ0v) is 21.1. The van der Waals surface area contributed by atoms with Crippen molar-refractivity contribution in [2.75, 3.05) is 43.2 Å². The van der Waals surface area contributed by atoms with E-state index >= 15 is 0 Å². The molecule has 3 aromatic rings. The molecule has 9 nitrogen and oxygen atoms in total. The molecule has 2 unspecified atom stereocenters. The van der Waals surface area contributed by atoms with Gasteiger partial charge in [0.25, 0.3) is 0 Å². The number of hydrogen-bond acceptors (Lipinski definition) is 9. The number of rotatable bonds is 5. The molecule has 0 aliphatic carbocycles. The average Bonchev–Trinajstić information content (AvgIpc) is 3.33. The van der Waals surface area contributed by atoms with Gasteiger partial charge in [0.2, 0.25) is 5.95 Å². The summed E-state index contributed by atoms with van der Waals surface area (Å²) in [5.41, 5.74) is 3.27. The van der Waals surface area contributed by atoms with Gasteiger partial charge in [-0.2, -0.15) is 4.98 Å². The SMILES string of the molecule is COc1ccc(-c2cc3nc(N4CCOC[C@@H]4C)nc(N4CC5CCC(O5)[C@@H]4C)c3cn2)cc1CO. The fraction of sp³-hybridized carbons (Fsp3) is 0.519. The minimum atomic E-state index is -0.104. The number of nitrogens with zero attached hydrogens (tertiary/aromatic N) is 5. The van der Waals surface area contributed by atoms with Gasteiger partial charge in [0.15, 0.2) is 0 Å². The Morgan fingerprint density at radius 2 is 2.03 bits per heavy atom. The topological polar surface area (TPSA) is 93.1 Å². The van der Waals surface area contributed by atoms with E-state index in [0.29, 0.717) is 19.0 Å². The van der Waals surface area contributed by atoms with Crippen LogP contribution in [0.4, 0.5) is 11.8 Å². The van der Waals surface area contributed by atoms with E-state index in [-0.39, 0.29) is 30.9 Å². The van der Waals surface area contributed by atoms with E-state index in [9.17, 15) is 5.11 Å². The Morgan fingerprint density at radius 1 is 1.14 bits per heavy atom. The molecule has 36 heavy (non-hydrogen) atoms. The Balaban J connectivity index is 1.48. The zero-order chi connectivity index (χ0) is 24.8. The van der Waals surface area contributed by atoms with Gasteiger partial charge in [0.1, 0.15) is 11.6 Å². The third-order valence-corrected chi connectivity index (χ3v) is 7.76. The number of morpholine rings is 2. The van der Waals surface area contributed by atoms with Gasteiger partial charge in [-0.05, 0) is 51.0 Å². The van der Waals surface area contributed by atoms with Crippen LogP contribution in [0.3, 0.4) is 0 Å². The summed E-state index contributed by atoms with van der Waals surface area (Å²) in [5.74, 6) is 2.31. The van der Waals surface area contributed by atoms with Crippen molar-refractivity contribution >= 4 is 22.7 Å². The number of aliphatic hydroxyl groups is 1. The number of ether oxygens (including phenoxy) is 3. The van der Waals surface area contributed by atoms with Crippen LogP contribution in [0.1, 0.15) is 32.3 Å². The molecule has 9 heteroatoms. The van der Waals surface area contributed by atoms with Crippen molar-refractivity contribution in [3.63, 3.8) is 0 Å². The summed E-state index contributed by atoms with van der Waals surface area (Å²) in [4.78, 5) is 19.6. The molecule has 0 radical (unpaired) electrons. The monoisotopic (exact) mass is 491 g/mol. The Labute approximate surface area is 211 Å². The van der Waals surface area contributed by atoms with Gasteiger partial charge < -0.3 is 29.1 Å². The van der Waals surface area contributed by atoms with Crippen molar-refractivity contribution < 1.29 is 19.3 Å². The second-order valence-corrected chi connectivity index (χ2v) is 10.0. The van der Waals surface area contributed by atoms with E-state index in [4.69, 9.17) is 29.2 Å². The van der Waals surface area contributed by atoms with Crippen LogP contribution in [-0.2, 0) is 16.1 Å². The van der Waals surface area contributed by atoms with E-state index in [0.717, 1.165) is 65.4 Å². The Morgan fingerprint density at radius 3 is 2.83 bits per heavy atom. The highest BCUT2D eigenvalue weighted by Gasteiger charge is 2.40. The Kier molecular flexibility index (Phi) is 6.15. The molecular formula is C27H33N5O4. The summed E-state index contributed by atoms with van der Waals surface area (Å²) in [5, 5.41) is 10.7. The van der Waals surface area contributed by atoms with Crippen molar-refractivity contribution in [2.45, 2.75) is 57.6 Å². The van der Waals surface area contributed by atoms with Crippen molar-refractivity contribution in [1.82, 2.24) is 15.0 Å². The summed E-state index contributed by atoms with van der Waals surface area (Å²) >= 11 is 0. The smallest absolute Gasteiger partial charge is 0.228 e. The van der Waals surface area contributed by atoms with Gasteiger partial charge in [-0.1, -0.05) is 0 Å². The van der Waals surface area contributed by atoms with E-state index in [2.05, 4.69) is 23.6 Å². The lowest BCUT2D eigenvalue weighted by molar-refractivity contribution is 0.00863. The molecule has 6 rings (SSSR count). The maximum Gasteiger partial charge on any atom is 0.228 e. The largest absolute Gasteiger partial charge is 0.496 e. The first-order valence-corrected chi connectivity index (χ1v) is 12.8. The van der Waals surface area contributed by atoms with Crippen LogP contribution in [0, 0.1) is 0 Å². The molecule has 3 aliphatic rings. The molecule has 2 aromatic heterocycles. The number of aromatic nitrogens is 3. The summed E-state index contributed by atoms with van der Waals surface area (Å²) < 4.78 is 17.2. The molecule has 0 spiro atoms. The number of benzene rings is 1. The number of fused-ring (bicyclic) bond motifs is 3. The van der Waals surface area contributed by atoms with Crippen LogP contribution >= 0.6 is 0 Å². The van der Waals surface area contributed by atoms with Gasteiger partial charge in [0.05, 0.1) is 67.8 Å².